The van der Waals surface area contributed by atoms with E-state index in [1.54, 1.807) is 27.7 Å². The Morgan fingerprint density at radius 2 is 1.67 bits per heavy atom. The van der Waals surface area contributed by atoms with Crippen LogP contribution in [0, 0.1) is 0 Å². The molecule has 0 aromatic carbocycles. The van der Waals surface area contributed by atoms with Crippen LogP contribution in [-0.2, 0) is 23.7 Å². The molecule has 0 saturated carbocycles. The molecule has 0 N–H and O–H groups in total. The van der Waals surface area contributed by atoms with Crippen molar-refractivity contribution in [3.63, 3.8) is 0 Å². The van der Waals surface area contributed by atoms with E-state index in [4.69, 9.17) is 23.7 Å². The minimum absolute atomic E-state index is 0.147. The van der Waals surface area contributed by atoms with Crippen molar-refractivity contribution < 1.29 is 28.1 Å². The zero-order valence-electron chi connectivity index (χ0n) is 11.1. The molecule has 0 unspecified atom stereocenters. The topological polar surface area (TPSA) is 46.2 Å². The summed E-state index contributed by atoms with van der Waals surface area (Å²) >= 11 is 0. The number of hydrogen-bond donors (Lipinski definition) is 0. The quantitative estimate of drug-likeness (QED) is 0.659. The predicted molar refractivity (Wildman–Crippen MR) is 58.5 cm³/mol. The molecular formula is C12H19FO5. The molecule has 0 aliphatic carbocycles. The van der Waals surface area contributed by atoms with E-state index >= 15 is 0 Å². The number of hydrogen-bond acceptors (Lipinski definition) is 5. The lowest BCUT2D eigenvalue weighted by Gasteiger charge is -2.49. The van der Waals surface area contributed by atoms with E-state index < -0.39 is 29.6 Å². The van der Waals surface area contributed by atoms with E-state index in [1.165, 1.54) is 0 Å². The molecule has 0 aromatic heterocycles. The third kappa shape index (κ3) is 1.96. The SMILES string of the molecule is CC1(C)O[C@@H]2[C@@H](CO[C@]3(F)COC(C)(C)O[C@@H]23)O1. The fourth-order valence-electron chi connectivity index (χ4n) is 2.69. The van der Waals surface area contributed by atoms with Gasteiger partial charge in [0.15, 0.2) is 17.7 Å². The van der Waals surface area contributed by atoms with E-state index in [2.05, 4.69) is 0 Å². The number of alkyl halides is 1. The lowest BCUT2D eigenvalue weighted by molar-refractivity contribution is -0.403. The Bertz CT molecular complexity index is 358. The lowest BCUT2D eigenvalue weighted by atomic mass is 9.97. The van der Waals surface area contributed by atoms with Gasteiger partial charge < -0.3 is 23.7 Å². The molecule has 3 rings (SSSR count). The Labute approximate surface area is 105 Å². The van der Waals surface area contributed by atoms with Gasteiger partial charge in [-0.05, 0) is 27.7 Å². The highest BCUT2D eigenvalue weighted by molar-refractivity contribution is 5.01. The molecule has 6 heteroatoms. The molecule has 5 nitrogen and oxygen atoms in total. The third-order valence-electron chi connectivity index (χ3n) is 3.46. The summed E-state index contributed by atoms with van der Waals surface area (Å²) in [7, 11) is 0. The van der Waals surface area contributed by atoms with E-state index in [1.807, 2.05) is 0 Å². The van der Waals surface area contributed by atoms with Gasteiger partial charge in [-0.1, -0.05) is 0 Å². The average molecular weight is 262 g/mol. The highest BCUT2D eigenvalue weighted by Crippen LogP contribution is 2.44. The van der Waals surface area contributed by atoms with Crippen LogP contribution >= 0.6 is 0 Å². The minimum atomic E-state index is -1.96. The minimum Gasteiger partial charge on any atom is -0.344 e. The Balaban J connectivity index is 1.87. The first kappa shape index (κ1) is 12.7. The number of rotatable bonds is 0. The maximum absolute atomic E-state index is 14.6. The third-order valence-corrected chi connectivity index (χ3v) is 3.46. The van der Waals surface area contributed by atoms with Crippen LogP contribution in [-0.4, -0.2) is 49.0 Å². The fourth-order valence-corrected chi connectivity index (χ4v) is 2.69. The van der Waals surface area contributed by atoms with Crippen molar-refractivity contribution in [3.8, 4) is 0 Å². The molecule has 3 aliphatic rings. The summed E-state index contributed by atoms with van der Waals surface area (Å²) in [6, 6.07) is 0. The highest BCUT2D eigenvalue weighted by Gasteiger charge is 2.62. The molecule has 18 heavy (non-hydrogen) atoms. The van der Waals surface area contributed by atoms with E-state index in [9.17, 15) is 4.39 Å². The van der Waals surface area contributed by atoms with Gasteiger partial charge >= 0.3 is 0 Å². The van der Waals surface area contributed by atoms with Crippen LogP contribution in [0.15, 0.2) is 0 Å². The monoisotopic (exact) mass is 262 g/mol. The first-order chi connectivity index (χ1) is 8.21. The lowest BCUT2D eigenvalue weighted by Crippen LogP contribution is -2.66. The Morgan fingerprint density at radius 3 is 2.39 bits per heavy atom. The molecule has 0 spiro atoms. The maximum Gasteiger partial charge on any atom is 0.262 e. The van der Waals surface area contributed by atoms with Crippen LogP contribution < -0.4 is 0 Å². The maximum atomic E-state index is 14.6. The van der Waals surface area contributed by atoms with Crippen LogP contribution in [0.1, 0.15) is 27.7 Å². The Kier molecular flexibility index (Phi) is 2.58. The molecule has 4 atom stereocenters. The normalized spacial score (nSPS) is 49.5. The fraction of sp³-hybridized carbons (Fsp3) is 1.00. The molecule has 0 bridgehead atoms. The van der Waals surface area contributed by atoms with E-state index in [-0.39, 0.29) is 19.3 Å². The van der Waals surface area contributed by atoms with Gasteiger partial charge in [0.25, 0.3) is 5.85 Å². The molecule has 0 amide bonds. The zero-order chi connectivity index (χ0) is 13.2. The average Bonchev–Trinajstić information content (AvgIpc) is 2.55. The van der Waals surface area contributed by atoms with Gasteiger partial charge in [0, 0.05) is 0 Å². The summed E-state index contributed by atoms with van der Waals surface area (Å²) in [5.41, 5.74) is 0. The molecule has 3 fully saturated rings. The molecule has 3 heterocycles. The molecule has 0 radical (unpaired) electrons. The van der Waals surface area contributed by atoms with Crippen molar-refractivity contribution >= 4 is 0 Å². The Morgan fingerprint density at radius 1 is 0.944 bits per heavy atom. The molecule has 0 aromatic rings. The Hall–Kier alpha value is -0.270. The van der Waals surface area contributed by atoms with Crippen molar-refractivity contribution in [1.29, 1.82) is 0 Å². The summed E-state index contributed by atoms with van der Waals surface area (Å²) in [5, 5.41) is 0. The summed E-state index contributed by atoms with van der Waals surface area (Å²) in [6.45, 7) is 7.09. The predicted octanol–water partition coefficient (Wildman–Crippen LogP) is 1.35. The van der Waals surface area contributed by atoms with Crippen molar-refractivity contribution in [1.82, 2.24) is 0 Å². The van der Waals surface area contributed by atoms with Crippen LogP contribution in [0.5, 0.6) is 0 Å². The number of fused-ring (bicyclic) bond motifs is 3. The van der Waals surface area contributed by atoms with E-state index in [0.717, 1.165) is 0 Å². The number of ether oxygens (including phenoxy) is 5. The first-order valence-electron chi connectivity index (χ1n) is 6.21. The highest BCUT2D eigenvalue weighted by atomic mass is 19.2. The van der Waals surface area contributed by atoms with Crippen molar-refractivity contribution in [2.75, 3.05) is 13.2 Å². The molecule has 3 aliphatic heterocycles. The summed E-state index contributed by atoms with van der Waals surface area (Å²) in [5.74, 6) is -3.54. The summed E-state index contributed by atoms with van der Waals surface area (Å²) in [4.78, 5) is 0. The zero-order valence-corrected chi connectivity index (χ0v) is 11.1. The molecule has 3 saturated heterocycles. The van der Waals surface area contributed by atoms with Gasteiger partial charge in [0.1, 0.15) is 18.8 Å². The second kappa shape index (κ2) is 3.64. The van der Waals surface area contributed by atoms with Gasteiger partial charge in [0.2, 0.25) is 0 Å². The first-order valence-corrected chi connectivity index (χ1v) is 6.21. The second-order valence-corrected chi connectivity index (χ2v) is 5.96. The van der Waals surface area contributed by atoms with Gasteiger partial charge in [-0.2, -0.15) is 0 Å². The summed E-state index contributed by atoms with van der Waals surface area (Å²) in [6.07, 6.45) is -1.61. The number of halogens is 1. The van der Waals surface area contributed by atoms with Gasteiger partial charge in [-0.15, -0.1) is 0 Å². The van der Waals surface area contributed by atoms with Crippen LogP contribution in [0.3, 0.4) is 0 Å². The smallest absolute Gasteiger partial charge is 0.262 e. The summed E-state index contributed by atoms with van der Waals surface area (Å²) < 4.78 is 42.3. The van der Waals surface area contributed by atoms with E-state index in [0.29, 0.717) is 0 Å². The van der Waals surface area contributed by atoms with Crippen LogP contribution in [0.2, 0.25) is 0 Å². The van der Waals surface area contributed by atoms with Gasteiger partial charge in [-0.3, -0.25) is 0 Å². The van der Waals surface area contributed by atoms with Crippen molar-refractivity contribution in [3.05, 3.63) is 0 Å². The van der Waals surface area contributed by atoms with Crippen molar-refractivity contribution in [2.24, 2.45) is 0 Å². The standard InChI is InChI=1S/C12H19FO5/c1-10(2)15-6-12(13)9(18-10)8-7(5-14-12)16-11(3,4)17-8/h7-9H,5-6H2,1-4H3/t7-,8-,9+,12-/m1/s1. The largest absolute Gasteiger partial charge is 0.344 e. The van der Waals surface area contributed by atoms with Gasteiger partial charge in [-0.25, -0.2) is 4.39 Å². The van der Waals surface area contributed by atoms with Crippen molar-refractivity contribution in [2.45, 2.75) is 63.4 Å². The second-order valence-electron chi connectivity index (χ2n) is 5.96. The molecular weight excluding hydrogens is 243 g/mol. The molecule has 104 valence electrons. The van der Waals surface area contributed by atoms with Crippen LogP contribution in [0.25, 0.3) is 0 Å². The van der Waals surface area contributed by atoms with Crippen LogP contribution in [0.4, 0.5) is 4.39 Å². The van der Waals surface area contributed by atoms with Gasteiger partial charge in [0.05, 0.1) is 6.61 Å².